The molecule has 0 rings (SSSR count). The first-order valence-corrected chi connectivity index (χ1v) is 7.74. The Kier molecular flexibility index (Phi) is 16.6. The normalized spacial score (nSPS) is 11.3. The predicted molar refractivity (Wildman–Crippen MR) is 75.9 cm³/mol. The van der Waals surface area contributed by atoms with Crippen molar-refractivity contribution in [2.75, 3.05) is 0 Å². The molecular formula is C16H34Ar. The van der Waals surface area contributed by atoms with E-state index in [2.05, 4.69) is 27.7 Å². The maximum absolute atomic E-state index is 2.37. The van der Waals surface area contributed by atoms with Gasteiger partial charge in [-0.3, -0.25) is 0 Å². The molecule has 0 saturated heterocycles. The summed E-state index contributed by atoms with van der Waals surface area (Å²) in [4.78, 5) is 0. The molecule has 0 spiro atoms. The Morgan fingerprint density at radius 2 is 1.00 bits per heavy atom. The van der Waals surface area contributed by atoms with Crippen LogP contribution in [0.15, 0.2) is 0 Å². The third-order valence-corrected chi connectivity index (χ3v) is 4.56. The molecule has 0 aromatic heterocycles. The zero-order chi connectivity index (χ0) is 12.3. The van der Waals surface area contributed by atoms with Crippen LogP contribution in [0.1, 0.15) is 98.3 Å². The molecule has 0 nitrogen and oxygen atoms in total. The summed E-state index contributed by atoms with van der Waals surface area (Å²) in [6.45, 7) is 9.40. The minimum atomic E-state index is 0. The molecule has 0 atom stereocenters. The van der Waals surface area contributed by atoms with E-state index >= 15 is 0 Å². The number of hydrogen-bond donors (Lipinski definition) is 0. The summed E-state index contributed by atoms with van der Waals surface area (Å²) in [6, 6.07) is 0. The van der Waals surface area contributed by atoms with E-state index in [0.717, 1.165) is 0 Å². The first kappa shape index (κ1) is 20.6. The molecule has 0 saturated carbocycles. The molecule has 0 heterocycles. The number of rotatable bonds is 11. The summed E-state index contributed by atoms with van der Waals surface area (Å²) in [6.07, 6.45) is 15.7. The molecule has 0 radical (unpaired) electrons. The first-order chi connectivity index (χ1) is 7.74. The van der Waals surface area contributed by atoms with Gasteiger partial charge in [0.1, 0.15) is 0 Å². The van der Waals surface area contributed by atoms with E-state index in [1.54, 1.807) is 0 Å². The summed E-state index contributed by atoms with van der Waals surface area (Å²) in [7, 11) is 0. The van der Waals surface area contributed by atoms with Gasteiger partial charge in [0.15, 0.2) is 0 Å². The summed E-state index contributed by atoms with van der Waals surface area (Å²) in [5, 5.41) is 0. The third kappa shape index (κ3) is 9.79. The van der Waals surface area contributed by atoms with Gasteiger partial charge in [0.25, 0.3) is 0 Å². The second-order valence-corrected chi connectivity index (χ2v) is 5.43. The molecule has 0 aromatic rings. The molecule has 0 bridgehead atoms. The Labute approximate surface area is 140 Å². The van der Waals surface area contributed by atoms with Crippen molar-refractivity contribution in [3.05, 3.63) is 0 Å². The van der Waals surface area contributed by atoms with Crippen molar-refractivity contribution in [2.45, 2.75) is 98.3 Å². The Hall–Kier alpha value is 1.26. The minimum absolute atomic E-state index is 0. The topological polar surface area (TPSA) is 0 Å². The fourth-order valence-corrected chi connectivity index (χ4v) is 2.74. The van der Waals surface area contributed by atoms with Crippen LogP contribution in [0, 0.1) is 43.2 Å². The summed E-state index contributed by atoms with van der Waals surface area (Å²) in [5.41, 5.74) is 0.670. The molecule has 0 amide bonds. The van der Waals surface area contributed by atoms with Gasteiger partial charge in [0.05, 0.1) is 0 Å². The fraction of sp³-hybridized carbons (Fsp3) is 1.00. The van der Waals surface area contributed by atoms with Crippen LogP contribution < -0.4 is 0 Å². The molecular weight excluding hydrogens is 232 g/mol. The number of unbranched alkanes of at least 4 members (excludes halogenated alkanes) is 6. The molecule has 0 N–H and O–H groups in total. The monoisotopic (exact) mass is 266 g/mol. The van der Waals surface area contributed by atoms with E-state index in [-0.39, 0.29) is 37.7 Å². The zero-order valence-electron chi connectivity index (χ0n) is 12.6. The Morgan fingerprint density at radius 1 is 0.588 bits per heavy atom. The van der Waals surface area contributed by atoms with Crippen LogP contribution in [0.2, 0.25) is 0 Å². The summed E-state index contributed by atoms with van der Waals surface area (Å²) in [5.74, 6) is 0. The molecule has 106 valence electrons. The van der Waals surface area contributed by atoms with Crippen LogP contribution in [0.3, 0.4) is 0 Å². The van der Waals surface area contributed by atoms with Crippen molar-refractivity contribution in [3.63, 3.8) is 0 Å². The Morgan fingerprint density at radius 3 is 1.41 bits per heavy atom. The van der Waals surface area contributed by atoms with E-state index in [0.29, 0.717) is 5.41 Å². The van der Waals surface area contributed by atoms with Crippen LogP contribution in [0.4, 0.5) is 0 Å². The molecule has 0 aromatic carbocycles. The van der Waals surface area contributed by atoms with E-state index in [4.69, 9.17) is 0 Å². The maximum Gasteiger partial charge on any atom is 0 e. The molecule has 0 aliphatic heterocycles. The molecule has 0 aliphatic carbocycles. The van der Waals surface area contributed by atoms with E-state index in [1.807, 2.05) is 0 Å². The quantitative estimate of drug-likeness (QED) is 0.382. The van der Waals surface area contributed by atoms with Crippen molar-refractivity contribution < 1.29 is 37.7 Å². The molecule has 0 unspecified atom stereocenters. The first-order valence-electron chi connectivity index (χ1n) is 7.74. The second-order valence-electron chi connectivity index (χ2n) is 5.43. The summed E-state index contributed by atoms with van der Waals surface area (Å²) >= 11 is 0. The number of hydrogen-bond acceptors (Lipinski definition) is 0. The minimum Gasteiger partial charge on any atom is -0.0654 e. The maximum atomic E-state index is 2.37. The van der Waals surface area contributed by atoms with Gasteiger partial charge < -0.3 is 0 Å². The largest absolute Gasteiger partial charge is 0.0654 e. The van der Waals surface area contributed by atoms with Crippen LogP contribution in [-0.2, 0) is 0 Å². The Balaban J connectivity index is 0. The fourth-order valence-electron chi connectivity index (χ4n) is 2.74. The van der Waals surface area contributed by atoms with E-state index in [9.17, 15) is 0 Å². The Bertz CT molecular complexity index is 130. The molecule has 1 heteroatoms. The van der Waals surface area contributed by atoms with Crippen molar-refractivity contribution in [1.82, 2.24) is 0 Å². The van der Waals surface area contributed by atoms with Crippen LogP contribution >= 0.6 is 0 Å². The third-order valence-electron chi connectivity index (χ3n) is 4.56. The second kappa shape index (κ2) is 13.7. The van der Waals surface area contributed by atoms with Crippen LogP contribution in [-0.4, -0.2) is 0 Å². The SMILES string of the molecule is CCCCCCCCCC(CC)(CC)CC.[Ar]. The smallest absolute Gasteiger partial charge is 0 e. The molecule has 17 heavy (non-hydrogen) atoms. The van der Waals surface area contributed by atoms with Crippen molar-refractivity contribution >= 4 is 0 Å². The summed E-state index contributed by atoms with van der Waals surface area (Å²) < 4.78 is 0. The van der Waals surface area contributed by atoms with Crippen molar-refractivity contribution in [2.24, 2.45) is 5.41 Å². The van der Waals surface area contributed by atoms with Crippen molar-refractivity contribution in [3.8, 4) is 0 Å². The van der Waals surface area contributed by atoms with Crippen molar-refractivity contribution in [1.29, 1.82) is 0 Å². The van der Waals surface area contributed by atoms with Crippen LogP contribution in [0.25, 0.3) is 0 Å². The molecule has 0 fully saturated rings. The van der Waals surface area contributed by atoms with Gasteiger partial charge in [-0.15, -0.1) is 0 Å². The van der Waals surface area contributed by atoms with Gasteiger partial charge in [-0.25, -0.2) is 0 Å². The zero-order valence-corrected chi connectivity index (χ0v) is 13.3. The van der Waals surface area contributed by atoms with Gasteiger partial charge in [-0.1, -0.05) is 91.9 Å². The van der Waals surface area contributed by atoms with E-state index in [1.165, 1.54) is 70.6 Å². The molecule has 0 aliphatic rings. The van der Waals surface area contributed by atoms with Gasteiger partial charge in [-0.2, -0.15) is 0 Å². The van der Waals surface area contributed by atoms with E-state index < -0.39 is 0 Å². The van der Waals surface area contributed by atoms with Gasteiger partial charge in [0, 0.05) is 37.7 Å². The van der Waals surface area contributed by atoms with Gasteiger partial charge in [-0.05, 0) is 11.8 Å². The van der Waals surface area contributed by atoms with Gasteiger partial charge in [0.2, 0.25) is 0 Å². The average molecular weight is 266 g/mol. The van der Waals surface area contributed by atoms with Gasteiger partial charge >= 0.3 is 0 Å². The standard InChI is InChI=1S/C16H34.Ar/c1-5-9-10-11-12-13-14-15-16(6-2,7-3)8-4;/h5-15H2,1-4H3;. The van der Waals surface area contributed by atoms with Crippen LogP contribution in [0.5, 0.6) is 0 Å². The average Bonchev–Trinajstić information content (AvgIpc) is 2.34. The predicted octanol–water partition coefficient (Wildman–Crippen LogP) is 6.34.